The molecule has 2 N–H and O–H groups in total. The molecular formula is C16H19F2N3S. The first kappa shape index (κ1) is 15.5. The molecule has 1 aliphatic rings. The van der Waals surface area contributed by atoms with Crippen LogP contribution in [0.3, 0.4) is 0 Å². The fourth-order valence-electron chi connectivity index (χ4n) is 3.11. The summed E-state index contributed by atoms with van der Waals surface area (Å²) in [6, 6.07) is 2.21. The van der Waals surface area contributed by atoms with E-state index in [1.54, 1.807) is 11.3 Å². The molecular weight excluding hydrogens is 304 g/mol. The fourth-order valence-corrected chi connectivity index (χ4v) is 3.92. The Labute approximate surface area is 132 Å². The van der Waals surface area contributed by atoms with Crippen LogP contribution in [0.15, 0.2) is 17.5 Å². The molecule has 2 heterocycles. The Morgan fingerprint density at radius 3 is 2.91 bits per heavy atom. The molecule has 1 atom stereocenters. The summed E-state index contributed by atoms with van der Waals surface area (Å²) in [6.07, 6.45) is 1.83. The molecule has 22 heavy (non-hydrogen) atoms. The van der Waals surface area contributed by atoms with Crippen molar-refractivity contribution in [3.05, 3.63) is 51.0 Å². The Morgan fingerprint density at radius 1 is 1.41 bits per heavy atom. The molecule has 118 valence electrons. The first-order valence-corrected chi connectivity index (χ1v) is 8.29. The van der Waals surface area contributed by atoms with E-state index in [1.165, 1.54) is 6.07 Å². The number of fused-ring (bicyclic) bond motifs is 1. The van der Waals surface area contributed by atoms with Gasteiger partial charge >= 0.3 is 0 Å². The number of hydrogen-bond donors (Lipinski definition) is 1. The summed E-state index contributed by atoms with van der Waals surface area (Å²) in [5, 5.41) is 3.16. The molecule has 0 spiro atoms. The normalized spacial score (nSPS) is 17.9. The van der Waals surface area contributed by atoms with E-state index in [9.17, 15) is 8.78 Å². The number of nitrogens with two attached hydrogens (primary N) is 1. The van der Waals surface area contributed by atoms with Gasteiger partial charge in [0, 0.05) is 42.2 Å². The van der Waals surface area contributed by atoms with E-state index in [-0.39, 0.29) is 6.04 Å². The van der Waals surface area contributed by atoms with Crippen LogP contribution in [-0.4, -0.2) is 23.0 Å². The molecule has 1 aliphatic heterocycles. The molecule has 1 aromatic heterocycles. The van der Waals surface area contributed by atoms with Gasteiger partial charge in [-0.05, 0) is 31.5 Å². The van der Waals surface area contributed by atoms with Crippen LogP contribution in [0.4, 0.5) is 8.78 Å². The molecule has 6 heteroatoms. The van der Waals surface area contributed by atoms with Crippen molar-refractivity contribution in [2.24, 2.45) is 5.73 Å². The number of rotatable bonds is 5. The number of thiazole rings is 1. The summed E-state index contributed by atoms with van der Waals surface area (Å²) >= 11 is 1.67. The quantitative estimate of drug-likeness (QED) is 0.919. The third-order valence-corrected chi connectivity index (χ3v) is 5.08. The summed E-state index contributed by atoms with van der Waals surface area (Å²) in [5.41, 5.74) is 8.15. The number of aryl methyl sites for hydroxylation is 2. The molecule has 3 nitrogen and oxygen atoms in total. The van der Waals surface area contributed by atoms with Gasteiger partial charge < -0.3 is 5.73 Å². The Hall–Kier alpha value is -1.37. The topological polar surface area (TPSA) is 42.1 Å². The third-order valence-electron chi connectivity index (χ3n) is 4.05. The highest BCUT2D eigenvalue weighted by molar-refractivity contribution is 7.09. The molecule has 0 aliphatic carbocycles. The van der Waals surface area contributed by atoms with Crippen LogP contribution in [0, 0.1) is 18.6 Å². The molecule has 1 unspecified atom stereocenters. The second kappa shape index (κ2) is 6.40. The smallest absolute Gasteiger partial charge is 0.131 e. The molecule has 2 aromatic rings. The van der Waals surface area contributed by atoms with Crippen LogP contribution in [0.5, 0.6) is 0 Å². The van der Waals surface area contributed by atoms with Crippen molar-refractivity contribution >= 4 is 11.3 Å². The predicted octanol–water partition coefficient (Wildman–Crippen LogP) is 3.18. The van der Waals surface area contributed by atoms with Gasteiger partial charge in [0.15, 0.2) is 0 Å². The summed E-state index contributed by atoms with van der Waals surface area (Å²) < 4.78 is 27.4. The maximum atomic E-state index is 14.0. The van der Waals surface area contributed by atoms with Crippen LogP contribution in [0.25, 0.3) is 0 Å². The third kappa shape index (κ3) is 3.04. The van der Waals surface area contributed by atoms with E-state index in [0.717, 1.165) is 41.7 Å². The van der Waals surface area contributed by atoms with Crippen LogP contribution in [-0.2, 0) is 13.0 Å². The first-order chi connectivity index (χ1) is 10.6. The van der Waals surface area contributed by atoms with Gasteiger partial charge in [0.1, 0.15) is 11.6 Å². The zero-order chi connectivity index (χ0) is 15.7. The van der Waals surface area contributed by atoms with Gasteiger partial charge in [-0.15, -0.1) is 11.3 Å². The van der Waals surface area contributed by atoms with E-state index >= 15 is 0 Å². The van der Waals surface area contributed by atoms with Gasteiger partial charge in [-0.3, -0.25) is 4.90 Å². The monoisotopic (exact) mass is 323 g/mol. The van der Waals surface area contributed by atoms with Crippen LogP contribution >= 0.6 is 11.3 Å². The SMILES string of the molecule is Cc1csc(CCCN2Cc3cc(F)cc(F)c3C2CN)n1. The summed E-state index contributed by atoms with van der Waals surface area (Å²) in [4.78, 5) is 6.58. The lowest BCUT2D eigenvalue weighted by atomic mass is 10.0. The molecule has 0 radical (unpaired) electrons. The first-order valence-electron chi connectivity index (χ1n) is 7.41. The van der Waals surface area contributed by atoms with Crippen LogP contribution in [0.1, 0.15) is 34.3 Å². The zero-order valence-electron chi connectivity index (χ0n) is 12.5. The minimum Gasteiger partial charge on any atom is -0.329 e. The lowest BCUT2D eigenvalue weighted by Gasteiger charge is -2.23. The van der Waals surface area contributed by atoms with Crippen molar-refractivity contribution in [1.29, 1.82) is 0 Å². The second-order valence-corrected chi connectivity index (χ2v) is 6.61. The van der Waals surface area contributed by atoms with Gasteiger partial charge in [0.25, 0.3) is 0 Å². The van der Waals surface area contributed by atoms with Crippen molar-refractivity contribution < 1.29 is 8.78 Å². The standard InChI is InChI=1S/C16H19F2N3S/c1-10-9-22-15(20-10)3-2-4-21-8-11-5-12(17)6-13(18)16(11)14(21)7-19/h5-6,9,14H,2-4,7-8,19H2,1H3. The largest absolute Gasteiger partial charge is 0.329 e. The summed E-state index contributed by atoms with van der Waals surface area (Å²) in [6.45, 7) is 3.68. The molecule has 0 amide bonds. The second-order valence-electron chi connectivity index (χ2n) is 5.67. The highest BCUT2D eigenvalue weighted by Crippen LogP contribution is 2.35. The highest BCUT2D eigenvalue weighted by Gasteiger charge is 2.32. The summed E-state index contributed by atoms with van der Waals surface area (Å²) in [7, 11) is 0. The molecule has 1 aromatic carbocycles. The average Bonchev–Trinajstić information content (AvgIpc) is 3.02. The minimum atomic E-state index is -0.521. The van der Waals surface area contributed by atoms with E-state index < -0.39 is 11.6 Å². The van der Waals surface area contributed by atoms with Crippen LogP contribution in [0.2, 0.25) is 0 Å². The predicted molar refractivity (Wildman–Crippen MR) is 83.7 cm³/mol. The Kier molecular flexibility index (Phi) is 4.52. The minimum absolute atomic E-state index is 0.159. The number of hydrogen-bond acceptors (Lipinski definition) is 4. The Balaban J connectivity index is 1.66. The Bertz CT molecular complexity index is 671. The van der Waals surface area contributed by atoms with Gasteiger partial charge in [0.05, 0.1) is 11.0 Å². The fraction of sp³-hybridized carbons (Fsp3) is 0.438. The van der Waals surface area contributed by atoms with Crippen LogP contribution < -0.4 is 5.73 Å². The van der Waals surface area contributed by atoms with Crippen molar-refractivity contribution in [1.82, 2.24) is 9.88 Å². The van der Waals surface area contributed by atoms with Gasteiger partial charge in [-0.1, -0.05) is 0 Å². The molecule has 3 rings (SSSR count). The number of nitrogens with zero attached hydrogens (tertiary/aromatic N) is 2. The van der Waals surface area contributed by atoms with E-state index in [2.05, 4.69) is 9.88 Å². The number of aromatic nitrogens is 1. The van der Waals surface area contributed by atoms with E-state index in [1.807, 2.05) is 12.3 Å². The zero-order valence-corrected chi connectivity index (χ0v) is 13.3. The molecule has 0 saturated heterocycles. The van der Waals surface area contributed by atoms with Crippen molar-refractivity contribution in [3.63, 3.8) is 0 Å². The summed E-state index contributed by atoms with van der Waals surface area (Å²) in [5.74, 6) is -1.00. The maximum absolute atomic E-state index is 14.0. The molecule has 0 saturated carbocycles. The van der Waals surface area contributed by atoms with E-state index in [0.29, 0.717) is 18.7 Å². The van der Waals surface area contributed by atoms with E-state index in [4.69, 9.17) is 5.73 Å². The Morgan fingerprint density at radius 2 is 2.23 bits per heavy atom. The number of benzene rings is 1. The highest BCUT2D eigenvalue weighted by atomic mass is 32.1. The maximum Gasteiger partial charge on any atom is 0.131 e. The molecule has 0 bridgehead atoms. The average molecular weight is 323 g/mol. The lowest BCUT2D eigenvalue weighted by Crippen LogP contribution is -2.29. The van der Waals surface area contributed by atoms with Crippen molar-refractivity contribution in [3.8, 4) is 0 Å². The molecule has 0 fully saturated rings. The van der Waals surface area contributed by atoms with Crippen molar-refractivity contribution in [2.45, 2.75) is 32.4 Å². The van der Waals surface area contributed by atoms with Gasteiger partial charge in [-0.25, -0.2) is 13.8 Å². The number of halogens is 2. The van der Waals surface area contributed by atoms with Gasteiger partial charge in [0.2, 0.25) is 0 Å². The van der Waals surface area contributed by atoms with Crippen molar-refractivity contribution in [2.75, 3.05) is 13.1 Å². The lowest BCUT2D eigenvalue weighted by molar-refractivity contribution is 0.215. The van der Waals surface area contributed by atoms with Gasteiger partial charge in [-0.2, -0.15) is 0 Å².